The lowest BCUT2D eigenvalue weighted by Gasteiger charge is -2.15. The second kappa shape index (κ2) is 8.07. The molecule has 1 aromatic carbocycles. The summed E-state index contributed by atoms with van der Waals surface area (Å²) in [5.74, 6) is -0.852. The number of amides is 2. The van der Waals surface area contributed by atoms with Crippen molar-refractivity contribution in [1.29, 1.82) is 0 Å². The molecular formula is C13H17Cl2N3O3. The minimum atomic E-state index is -0.731. The summed E-state index contributed by atoms with van der Waals surface area (Å²) in [7, 11) is 1.53. The number of nitrogens with one attached hydrogen (secondary N) is 2. The van der Waals surface area contributed by atoms with Gasteiger partial charge in [-0.2, -0.15) is 0 Å². The molecule has 0 heterocycles. The van der Waals surface area contributed by atoms with Crippen molar-refractivity contribution in [3.8, 4) is 0 Å². The fourth-order valence-electron chi connectivity index (χ4n) is 1.54. The lowest BCUT2D eigenvalue weighted by Crippen LogP contribution is -2.45. The van der Waals surface area contributed by atoms with Gasteiger partial charge < -0.3 is 21.1 Å². The normalized spacial score (nSPS) is 11.8. The number of methoxy groups -OCH3 is 1. The summed E-state index contributed by atoms with van der Waals surface area (Å²) in [4.78, 5) is 23.8. The van der Waals surface area contributed by atoms with E-state index in [2.05, 4.69) is 10.6 Å². The van der Waals surface area contributed by atoms with Crippen LogP contribution in [0.2, 0.25) is 10.0 Å². The Kier molecular flexibility index (Phi) is 6.74. The molecule has 0 saturated heterocycles. The molecule has 0 spiro atoms. The molecule has 1 aromatic rings. The van der Waals surface area contributed by atoms with Crippen LogP contribution < -0.4 is 16.4 Å². The Morgan fingerprint density at radius 3 is 2.67 bits per heavy atom. The number of hydrogen-bond acceptors (Lipinski definition) is 4. The second-order valence-electron chi connectivity index (χ2n) is 4.34. The summed E-state index contributed by atoms with van der Waals surface area (Å²) < 4.78 is 4.82. The SMILES string of the molecule is COCCNC(=O)C(C)NC(=O)c1cc(N)cc(Cl)c1Cl. The van der Waals surface area contributed by atoms with Gasteiger partial charge in [0.05, 0.1) is 22.2 Å². The first-order valence-corrected chi connectivity index (χ1v) is 6.94. The van der Waals surface area contributed by atoms with E-state index in [1.165, 1.54) is 19.2 Å². The van der Waals surface area contributed by atoms with E-state index in [4.69, 9.17) is 33.7 Å². The van der Waals surface area contributed by atoms with Crippen LogP contribution in [0.25, 0.3) is 0 Å². The van der Waals surface area contributed by atoms with Gasteiger partial charge in [0, 0.05) is 19.3 Å². The van der Waals surface area contributed by atoms with Crippen molar-refractivity contribution in [2.24, 2.45) is 0 Å². The molecule has 0 aromatic heterocycles. The first-order valence-electron chi connectivity index (χ1n) is 6.18. The maximum Gasteiger partial charge on any atom is 0.253 e. The molecule has 0 bridgehead atoms. The van der Waals surface area contributed by atoms with E-state index in [0.717, 1.165) is 0 Å². The summed E-state index contributed by atoms with van der Waals surface area (Å²) in [6.45, 7) is 2.31. The minimum absolute atomic E-state index is 0.0929. The molecule has 1 unspecified atom stereocenters. The third-order valence-corrected chi connectivity index (χ3v) is 3.44. The molecular weight excluding hydrogens is 317 g/mol. The number of anilines is 1. The van der Waals surface area contributed by atoms with Gasteiger partial charge >= 0.3 is 0 Å². The number of nitrogens with two attached hydrogens (primary N) is 1. The standard InChI is InChI=1S/C13H17Cl2N3O3/c1-7(12(19)17-3-4-21-2)18-13(20)9-5-8(16)6-10(14)11(9)15/h5-7H,3-4,16H2,1-2H3,(H,17,19)(H,18,20). The molecule has 0 saturated carbocycles. The summed E-state index contributed by atoms with van der Waals surface area (Å²) in [5, 5.41) is 5.42. The molecule has 4 N–H and O–H groups in total. The Labute approximate surface area is 132 Å². The largest absolute Gasteiger partial charge is 0.399 e. The molecule has 2 amide bonds. The summed E-state index contributed by atoms with van der Waals surface area (Å²) in [6.07, 6.45) is 0. The zero-order valence-corrected chi connectivity index (χ0v) is 13.2. The number of rotatable bonds is 6. The molecule has 0 radical (unpaired) electrons. The van der Waals surface area contributed by atoms with Crippen LogP contribution in [0.5, 0.6) is 0 Å². The smallest absolute Gasteiger partial charge is 0.253 e. The van der Waals surface area contributed by atoms with Gasteiger partial charge in [-0.05, 0) is 19.1 Å². The number of nitrogen functional groups attached to an aromatic ring is 1. The van der Waals surface area contributed by atoms with Gasteiger partial charge in [0.1, 0.15) is 6.04 Å². The van der Waals surface area contributed by atoms with Gasteiger partial charge in [0.25, 0.3) is 5.91 Å². The van der Waals surface area contributed by atoms with Gasteiger partial charge in [-0.25, -0.2) is 0 Å². The fourth-order valence-corrected chi connectivity index (χ4v) is 1.97. The summed E-state index contributed by atoms with van der Waals surface area (Å²) in [5.41, 5.74) is 6.06. The molecule has 0 aliphatic heterocycles. The Bertz CT molecular complexity index is 538. The highest BCUT2D eigenvalue weighted by Crippen LogP contribution is 2.28. The van der Waals surface area contributed by atoms with Gasteiger partial charge in [-0.15, -0.1) is 0 Å². The van der Waals surface area contributed by atoms with E-state index in [1.54, 1.807) is 6.92 Å². The maximum atomic E-state index is 12.1. The third kappa shape index (κ3) is 5.08. The molecule has 0 aliphatic rings. The number of halogens is 2. The van der Waals surface area contributed by atoms with Gasteiger partial charge in [0.2, 0.25) is 5.91 Å². The highest BCUT2D eigenvalue weighted by molar-refractivity contribution is 6.44. The van der Waals surface area contributed by atoms with Crippen molar-refractivity contribution < 1.29 is 14.3 Å². The van der Waals surface area contributed by atoms with E-state index >= 15 is 0 Å². The Morgan fingerprint density at radius 1 is 1.38 bits per heavy atom. The van der Waals surface area contributed by atoms with Gasteiger partial charge in [-0.3, -0.25) is 9.59 Å². The van der Waals surface area contributed by atoms with Crippen molar-refractivity contribution in [3.05, 3.63) is 27.7 Å². The van der Waals surface area contributed by atoms with Crippen molar-refractivity contribution in [1.82, 2.24) is 10.6 Å². The molecule has 21 heavy (non-hydrogen) atoms. The van der Waals surface area contributed by atoms with E-state index in [-0.39, 0.29) is 21.5 Å². The van der Waals surface area contributed by atoms with Gasteiger partial charge in [0.15, 0.2) is 0 Å². The Morgan fingerprint density at radius 2 is 2.05 bits per heavy atom. The highest BCUT2D eigenvalue weighted by Gasteiger charge is 2.19. The topological polar surface area (TPSA) is 93.5 Å². The average molecular weight is 334 g/mol. The number of carbonyl (C=O) groups excluding carboxylic acids is 2. The second-order valence-corrected chi connectivity index (χ2v) is 5.13. The number of hydrogen-bond donors (Lipinski definition) is 3. The summed E-state index contributed by atoms with van der Waals surface area (Å²) >= 11 is 11.8. The number of benzene rings is 1. The maximum absolute atomic E-state index is 12.1. The molecule has 6 nitrogen and oxygen atoms in total. The zero-order chi connectivity index (χ0) is 16.0. The lowest BCUT2D eigenvalue weighted by molar-refractivity contribution is -0.122. The van der Waals surface area contributed by atoms with E-state index in [9.17, 15) is 9.59 Å². The van der Waals surface area contributed by atoms with Crippen LogP contribution in [0, 0.1) is 0 Å². The van der Waals surface area contributed by atoms with Crippen LogP contribution in [-0.2, 0) is 9.53 Å². The monoisotopic (exact) mass is 333 g/mol. The first-order chi connectivity index (χ1) is 9.86. The first kappa shape index (κ1) is 17.6. The molecule has 116 valence electrons. The van der Waals surface area contributed by atoms with Crippen LogP contribution in [0.15, 0.2) is 12.1 Å². The van der Waals surface area contributed by atoms with Crippen molar-refractivity contribution in [2.45, 2.75) is 13.0 Å². The molecule has 1 rings (SSSR count). The van der Waals surface area contributed by atoms with Crippen LogP contribution in [0.1, 0.15) is 17.3 Å². The van der Waals surface area contributed by atoms with Gasteiger partial charge in [-0.1, -0.05) is 23.2 Å². The Balaban J connectivity index is 2.71. The Hall–Kier alpha value is -1.50. The van der Waals surface area contributed by atoms with Crippen molar-refractivity contribution in [3.63, 3.8) is 0 Å². The van der Waals surface area contributed by atoms with Crippen LogP contribution in [0.3, 0.4) is 0 Å². The molecule has 0 fully saturated rings. The van der Waals surface area contributed by atoms with Crippen LogP contribution >= 0.6 is 23.2 Å². The minimum Gasteiger partial charge on any atom is -0.399 e. The molecule has 8 heteroatoms. The predicted molar refractivity (Wildman–Crippen MR) is 82.7 cm³/mol. The fraction of sp³-hybridized carbons (Fsp3) is 0.385. The summed E-state index contributed by atoms with van der Waals surface area (Å²) in [6, 6.07) is 2.12. The third-order valence-electron chi connectivity index (χ3n) is 2.64. The van der Waals surface area contributed by atoms with Crippen LogP contribution in [0.4, 0.5) is 5.69 Å². The zero-order valence-electron chi connectivity index (χ0n) is 11.7. The lowest BCUT2D eigenvalue weighted by atomic mass is 10.1. The molecule has 0 aliphatic carbocycles. The number of ether oxygens (including phenoxy) is 1. The van der Waals surface area contributed by atoms with Crippen molar-refractivity contribution >= 4 is 40.7 Å². The number of carbonyl (C=O) groups is 2. The van der Waals surface area contributed by atoms with Crippen LogP contribution in [-0.4, -0.2) is 38.1 Å². The molecule has 1 atom stereocenters. The predicted octanol–water partition coefficient (Wildman–Crippen LogP) is 1.46. The van der Waals surface area contributed by atoms with Crippen molar-refractivity contribution in [2.75, 3.05) is 26.0 Å². The van der Waals surface area contributed by atoms with E-state index < -0.39 is 11.9 Å². The highest BCUT2D eigenvalue weighted by atomic mass is 35.5. The average Bonchev–Trinajstić information content (AvgIpc) is 2.42. The van der Waals surface area contributed by atoms with E-state index in [1.807, 2.05) is 0 Å². The van der Waals surface area contributed by atoms with E-state index in [0.29, 0.717) is 18.8 Å². The quantitative estimate of drug-likeness (QED) is 0.542.